The molecule has 8 nitrogen and oxygen atoms in total. The maximum absolute atomic E-state index is 12.3. The lowest BCUT2D eigenvalue weighted by Gasteiger charge is -2.05. The van der Waals surface area contributed by atoms with Crippen molar-refractivity contribution < 1.29 is 13.2 Å². The number of carbonyl (C=O) groups is 1. The molecule has 0 aromatic carbocycles. The van der Waals surface area contributed by atoms with Crippen molar-refractivity contribution in [2.45, 2.75) is 5.03 Å². The lowest BCUT2D eigenvalue weighted by molar-refractivity contribution is -0.111. The summed E-state index contributed by atoms with van der Waals surface area (Å²) >= 11 is 0. The van der Waals surface area contributed by atoms with Gasteiger partial charge in [0, 0.05) is 6.20 Å². The minimum Gasteiger partial charge on any atom is -0.265 e. The van der Waals surface area contributed by atoms with E-state index in [1.54, 1.807) is 6.07 Å². The molecule has 0 saturated heterocycles. The predicted molar refractivity (Wildman–Crippen MR) is 67.2 cm³/mol. The Kier molecular flexibility index (Phi) is 2.42. The second-order valence-electron chi connectivity index (χ2n) is 3.55. The summed E-state index contributed by atoms with van der Waals surface area (Å²) in [5.74, 6) is -0.667. The van der Waals surface area contributed by atoms with Gasteiger partial charge in [0.1, 0.15) is 12.1 Å². The fourth-order valence-electron chi connectivity index (χ4n) is 1.54. The van der Waals surface area contributed by atoms with Crippen molar-refractivity contribution in [3.63, 3.8) is 0 Å². The van der Waals surface area contributed by atoms with Gasteiger partial charge in [-0.3, -0.25) is 4.79 Å². The Labute approximate surface area is 107 Å². The van der Waals surface area contributed by atoms with Crippen molar-refractivity contribution >= 4 is 38.6 Å². The van der Waals surface area contributed by atoms with E-state index in [2.05, 4.69) is 25.2 Å². The molecule has 19 heavy (non-hydrogen) atoms. The summed E-state index contributed by atoms with van der Waals surface area (Å²) in [7, 11) is -3.95. The molecule has 1 amide bonds. The fourth-order valence-corrected chi connectivity index (χ4v) is 2.75. The van der Waals surface area contributed by atoms with Crippen LogP contribution in [0.4, 0.5) is 0 Å². The van der Waals surface area contributed by atoms with Gasteiger partial charge in [0.05, 0.1) is 0 Å². The molecule has 0 N–H and O–H groups in total. The van der Waals surface area contributed by atoms with Crippen molar-refractivity contribution in [3.05, 3.63) is 24.4 Å². The van der Waals surface area contributed by atoms with Crippen LogP contribution in [0, 0.1) is 0 Å². The predicted octanol–water partition coefficient (Wildman–Crippen LogP) is -0.367. The largest absolute Gasteiger partial charge is 0.301 e. The highest BCUT2D eigenvalue weighted by Gasteiger charge is 2.38. The van der Waals surface area contributed by atoms with E-state index < -0.39 is 15.7 Å². The number of sulfone groups is 1. The van der Waals surface area contributed by atoms with Crippen molar-refractivity contribution in [2.75, 3.05) is 0 Å². The molecule has 9 heteroatoms. The van der Waals surface area contributed by atoms with Crippen LogP contribution in [0.3, 0.4) is 0 Å². The summed E-state index contributed by atoms with van der Waals surface area (Å²) in [4.78, 5) is 22.3. The number of pyridine rings is 1. The van der Waals surface area contributed by atoms with Crippen LogP contribution in [0.5, 0.6) is 0 Å². The standard InChI is InChI=1S/C10H5N5O3S/c16-9-7-8(12-5-13-9)10(15-14-7)19(17,18)6-3-1-2-4-11-6/h1-5H. The Hall–Kier alpha value is -2.55. The van der Waals surface area contributed by atoms with Crippen LogP contribution in [0.1, 0.15) is 0 Å². The number of fused-ring (bicyclic) bond motifs is 1. The van der Waals surface area contributed by atoms with Crippen LogP contribution >= 0.6 is 0 Å². The third kappa shape index (κ3) is 1.71. The van der Waals surface area contributed by atoms with E-state index in [-0.39, 0.29) is 21.5 Å². The van der Waals surface area contributed by atoms with Gasteiger partial charge in [0.15, 0.2) is 10.7 Å². The average Bonchev–Trinajstić information content (AvgIpc) is 2.86. The molecule has 1 aromatic heterocycles. The topological polar surface area (TPSA) is 114 Å². The normalized spacial score (nSPS) is 17.7. The first-order valence-corrected chi connectivity index (χ1v) is 6.56. The van der Waals surface area contributed by atoms with Crippen molar-refractivity contribution in [1.29, 1.82) is 0 Å². The molecule has 3 heterocycles. The number of aliphatic imine (C=N–C) groups is 2. The SMILES string of the molecule is O=C1N=CN=C2C1=NN=C2S(=O)(=O)c1ccccn1. The number of nitrogens with zero attached hydrogens (tertiary/aromatic N) is 5. The maximum Gasteiger partial charge on any atom is 0.301 e. The van der Waals surface area contributed by atoms with E-state index >= 15 is 0 Å². The maximum atomic E-state index is 12.3. The van der Waals surface area contributed by atoms with Crippen LogP contribution in [-0.2, 0) is 14.6 Å². The molecule has 0 radical (unpaired) electrons. The second-order valence-corrected chi connectivity index (χ2v) is 5.36. The van der Waals surface area contributed by atoms with E-state index in [0.717, 1.165) is 6.34 Å². The van der Waals surface area contributed by atoms with Gasteiger partial charge in [-0.2, -0.15) is 4.99 Å². The quantitative estimate of drug-likeness (QED) is 0.695. The molecule has 0 spiro atoms. The van der Waals surface area contributed by atoms with Crippen LogP contribution in [0.15, 0.2) is 49.6 Å². The molecule has 2 aliphatic heterocycles. The Bertz CT molecular complexity index is 790. The van der Waals surface area contributed by atoms with Crippen LogP contribution in [-0.4, -0.2) is 42.1 Å². The van der Waals surface area contributed by atoms with Gasteiger partial charge in [-0.05, 0) is 12.1 Å². The summed E-state index contributed by atoms with van der Waals surface area (Å²) in [5.41, 5.74) is -0.261. The first kappa shape index (κ1) is 11.5. The van der Waals surface area contributed by atoms with E-state index in [9.17, 15) is 13.2 Å². The molecular weight excluding hydrogens is 270 g/mol. The highest BCUT2D eigenvalue weighted by molar-refractivity contribution is 8.08. The number of hydrogen-bond donors (Lipinski definition) is 0. The minimum absolute atomic E-state index is 0.0920. The van der Waals surface area contributed by atoms with Gasteiger partial charge >= 0.3 is 5.91 Å². The Morgan fingerprint density at radius 1 is 1.05 bits per heavy atom. The highest BCUT2D eigenvalue weighted by atomic mass is 32.2. The molecule has 1 aromatic rings. The molecule has 0 bridgehead atoms. The van der Waals surface area contributed by atoms with E-state index in [0.29, 0.717) is 0 Å². The van der Waals surface area contributed by atoms with Crippen molar-refractivity contribution in [3.8, 4) is 0 Å². The van der Waals surface area contributed by atoms with Gasteiger partial charge in [0.2, 0.25) is 14.9 Å². The summed E-state index contributed by atoms with van der Waals surface area (Å²) in [6.07, 6.45) is 2.32. The summed E-state index contributed by atoms with van der Waals surface area (Å²) < 4.78 is 24.6. The molecule has 0 aliphatic carbocycles. The lowest BCUT2D eigenvalue weighted by Crippen LogP contribution is -2.33. The average molecular weight is 275 g/mol. The van der Waals surface area contributed by atoms with Crippen LogP contribution in [0.25, 0.3) is 0 Å². The third-order valence-electron chi connectivity index (χ3n) is 2.40. The van der Waals surface area contributed by atoms with Crippen molar-refractivity contribution in [2.24, 2.45) is 20.2 Å². The monoisotopic (exact) mass is 275 g/mol. The number of aromatic nitrogens is 1. The zero-order valence-electron chi connectivity index (χ0n) is 9.26. The summed E-state index contributed by atoms with van der Waals surface area (Å²) in [6.45, 7) is 0. The zero-order valence-corrected chi connectivity index (χ0v) is 10.1. The number of amides is 1. The van der Waals surface area contributed by atoms with Gasteiger partial charge in [-0.15, -0.1) is 10.2 Å². The van der Waals surface area contributed by atoms with Crippen LogP contribution in [0.2, 0.25) is 0 Å². The Morgan fingerprint density at radius 2 is 1.89 bits per heavy atom. The number of hydrogen-bond acceptors (Lipinski definition) is 7. The zero-order chi connectivity index (χ0) is 13.5. The summed E-state index contributed by atoms with van der Waals surface area (Å²) in [5, 5.41) is 6.47. The number of carbonyl (C=O) groups excluding carboxylic acids is 1. The molecular formula is C10H5N5O3S. The molecule has 94 valence electrons. The van der Waals surface area contributed by atoms with Gasteiger partial charge in [-0.1, -0.05) is 6.07 Å². The molecule has 0 fully saturated rings. The van der Waals surface area contributed by atoms with E-state index in [4.69, 9.17) is 0 Å². The lowest BCUT2D eigenvalue weighted by atomic mass is 10.2. The van der Waals surface area contributed by atoms with Crippen LogP contribution < -0.4 is 0 Å². The van der Waals surface area contributed by atoms with Gasteiger partial charge < -0.3 is 0 Å². The molecule has 0 saturated carbocycles. The van der Waals surface area contributed by atoms with E-state index in [1.807, 2.05) is 0 Å². The van der Waals surface area contributed by atoms with E-state index in [1.165, 1.54) is 18.3 Å². The smallest absolute Gasteiger partial charge is 0.265 e. The first-order chi connectivity index (χ1) is 9.10. The second kappa shape index (κ2) is 3.99. The number of rotatable bonds is 1. The minimum atomic E-state index is -3.95. The first-order valence-electron chi connectivity index (χ1n) is 5.08. The third-order valence-corrected chi connectivity index (χ3v) is 3.98. The van der Waals surface area contributed by atoms with Crippen molar-refractivity contribution in [1.82, 2.24) is 4.98 Å². The highest BCUT2D eigenvalue weighted by Crippen LogP contribution is 2.16. The summed E-state index contributed by atoms with van der Waals surface area (Å²) in [6, 6.07) is 4.45. The van der Waals surface area contributed by atoms with Gasteiger partial charge in [0.25, 0.3) is 0 Å². The molecule has 2 aliphatic rings. The Morgan fingerprint density at radius 3 is 2.63 bits per heavy atom. The molecule has 0 unspecified atom stereocenters. The Balaban J connectivity index is 2.09. The molecule has 0 atom stereocenters. The molecule has 3 rings (SSSR count). The fraction of sp³-hybridized carbons (Fsp3) is 0. The van der Waals surface area contributed by atoms with Gasteiger partial charge in [-0.25, -0.2) is 18.4 Å².